The van der Waals surface area contributed by atoms with Gasteiger partial charge in [-0.25, -0.2) is 9.97 Å². The van der Waals surface area contributed by atoms with Gasteiger partial charge in [0.15, 0.2) is 0 Å². The van der Waals surface area contributed by atoms with Gasteiger partial charge in [-0.05, 0) is 24.0 Å². The molecular weight excluding hydrogens is 212 g/mol. The summed E-state index contributed by atoms with van der Waals surface area (Å²) < 4.78 is 0. The molecule has 3 rings (SSSR count). The second-order valence-corrected chi connectivity index (χ2v) is 4.26. The van der Waals surface area contributed by atoms with Crippen molar-refractivity contribution in [3.05, 3.63) is 47.8 Å². The number of rotatable bonds is 2. The van der Waals surface area contributed by atoms with E-state index in [1.165, 1.54) is 17.5 Å². The molecule has 0 aliphatic heterocycles. The molecule has 0 saturated carbocycles. The van der Waals surface area contributed by atoms with Crippen LogP contribution in [0.1, 0.15) is 23.6 Å². The molecule has 1 aromatic heterocycles. The van der Waals surface area contributed by atoms with Gasteiger partial charge in [0.25, 0.3) is 0 Å². The van der Waals surface area contributed by atoms with E-state index >= 15 is 0 Å². The van der Waals surface area contributed by atoms with Gasteiger partial charge >= 0.3 is 0 Å². The number of nitrogen functional groups attached to an aromatic ring is 1. The van der Waals surface area contributed by atoms with Gasteiger partial charge in [0.2, 0.25) is 0 Å². The summed E-state index contributed by atoms with van der Waals surface area (Å²) >= 11 is 0. The molecule has 4 nitrogen and oxygen atoms in total. The normalized spacial score (nSPS) is 17.8. The van der Waals surface area contributed by atoms with Crippen LogP contribution in [-0.2, 0) is 6.42 Å². The van der Waals surface area contributed by atoms with Gasteiger partial charge in [0.05, 0.1) is 6.04 Å². The summed E-state index contributed by atoms with van der Waals surface area (Å²) in [6.07, 6.45) is 3.70. The predicted molar refractivity (Wildman–Crippen MR) is 67.6 cm³/mol. The number of nitrogens with two attached hydrogens (primary N) is 1. The van der Waals surface area contributed by atoms with Crippen molar-refractivity contribution in [3.8, 4) is 0 Å². The van der Waals surface area contributed by atoms with Gasteiger partial charge in [0.1, 0.15) is 18.0 Å². The minimum absolute atomic E-state index is 0.334. The van der Waals surface area contributed by atoms with Crippen molar-refractivity contribution in [2.45, 2.75) is 18.9 Å². The maximum absolute atomic E-state index is 5.64. The topological polar surface area (TPSA) is 63.8 Å². The SMILES string of the molecule is Nc1cc(N[C@H]2CCc3ccccc32)ncn1. The number of hydrogen-bond donors (Lipinski definition) is 2. The van der Waals surface area contributed by atoms with Crippen LogP contribution in [0.15, 0.2) is 36.7 Å². The highest BCUT2D eigenvalue weighted by atomic mass is 15.0. The lowest BCUT2D eigenvalue weighted by atomic mass is 10.1. The Morgan fingerprint density at radius 3 is 3.00 bits per heavy atom. The molecule has 1 aliphatic rings. The minimum atomic E-state index is 0.334. The first-order valence-corrected chi connectivity index (χ1v) is 5.75. The summed E-state index contributed by atoms with van der Waals surface area (Å²) in [5.74, 6) is 1.29. The van der Waals surface area contributed by atoms with Crippen LogP contribution in [-0.4, -0.2) is 9.97 Å². The molecule has 0 radical (unpaired) electrons. The van der Waals surface area contributed by atoms with Crippen molar-refractivity contribution in [2.24, 2.45) is 0 Å². The van der Waals surface area contributed by atoms with Crippen LogP contribution >= 0.6 is 0 Å². The Hall–Kier alpha value is -2.10. The Bertz CT molecular complexity index is 538. The Kier molecular flexibility index (Phi) is 2.40. The number of nitrogens with one attached hydrogen (secondary N) is 1. The van der Waals surface area contributed by atoms with Gasteiger partial charge in [-0.15, -0.1) is 0 Å². The van der Waals surface area contributed by atoms with Gasteiger partial charge in [0, 0.05) is 6.07 Å². The first-order valence-electron chi connectivity index (χ1n) is 5.75. The molecule has 86 valence electrons. The van der Waals surface area contributed by atoms with Crippen LogP contribution in [0.2, 0.25) is 0 Å². The van der Waals surface area contributed by atoms with Crippen LogP contribution in [0, 0.1) is 0 Å². The van der Waals surface area contributed by atoms with E-state index in [0.717, 1.165) is 18.7 Å². The predicted octanol–water partition coefficient (Wildman–Crippen LogP) is 2.16. The van der Waals surface area contributed by atoms with E-state index in [-0.39, 0.29) is 0 Å². The molecule has 0 saturated heterocycles. The number of aryl methyl sites for hydroxylation is 1. The molecule has 2 aromatic rings. The molecule has 0 spiro atoms. The molecule has 1 aliphatic carbocycles. The Labute approximate surface area is 99.9 Å². The zero-order valence-electron chi connectivity index (χ0n) is 9.43. The second kappa shape index (κ2) is 4.05. The first-order chi connectivity index (χ1) is 8.33. The fourth-order valence-corrected chi connectivity index (χ4v) is 2.34. The highest BCUT2D eigenvalue weighted by Crippen LogP contribution is 2.33. The third-order valence-electron chi connectivity index (χ3n) is 3.14. The number of fused-ring (bicyclic) bond motifs is 1. The Morgan fingerprint density at radius 2 is 2.12 bits per heavy atom. The van der Waals surface area contributed by atoms with Gasteiger partial charge in [-0.2, -0.15) is 0 Å². The maximum Gasteiger partial charge on any atom is 0.131 e. The molecule has 0 bridgehead atoms. The second-order valence-electron chi connectivity index (χ2n) is 4.26. The van der Waals surface area contributed by atoms with Gasteiger partial charge in [-0.1, -0.05) is 24.3 Å². The fraction of sp³-hybridized carbons (Fsp3) is 0.231. The van der Waals surface area contributed by atoms with E-state index in [1.54, 1.807) is 6.07 Å². The smallest absolute Gasteiger partial charge is 0.131 e. The number of hydrogen-bond acceptors (Lipinski definition) is 4. The molecule has 0 amide bonds. The van der Waals surface area contributed by atoms with Gasteiger partial charge < -0.3 is 11.1 Å². The molecule has 1 heterocycles. The molecule has 1 atom stereocenters. The van der Waals surface area contributed by atoms with Crippen molar-refractivity contribution in [1.29, 1.82) is 0 Å². The number of nitrogens with zero attached hydrogens (tertiary/aromatic N) is 2. The van der Waals surface area contributed by atoms with E-state index < -0.39 is 0 Å². The van der Waals surface area contributed by atoms with Gasteiger partial charge in [-0.3, -0.25) is 0 Å². The average molecular weight is 226 g/mol. The summed E-state index contributed by atoms with van der Waals surface area (Å²) in [5, 5.41) is 3.41. The third kappa shape index (κ3) is 1.93. The lowest BCUT2D eigenvalue weighted by molar-refractivity contribution is 0.756. The first kappa shape index (κ1) is 10.1. The molecule has 0 unspecified atom stereocenters. The van der Waals surface area contributed by atoms with E-state index in [1.807, 2.05) is 0 Å². The van der Waals surface area contributed by atoms with Crippen LogP contribution in [0.25, 0.3) is 0 Å². The van der Waals surface area contributed by atoms with Crippen molar-refractivity contribution in [3.63, 3.8) is 0 Å². The largest absolute Gasteiger partial charge is 0.384 e. The number of anilines is 2. The molecule has 0 fully saturated rings. The zero-order chi connectivity index (χ0) is 11.7. The maximum atomic E-state index is 5.64. The summed E-state index contributed by atoms with van der Waals surface area (Å²) in [7, 11) is 0. The van der Waals surface area contributed by atoms with Crippen molar-refractivity contribution < 1.29 is 0 Å². The minimum Gasteiger partial charge on any atom is -0.384 e. The van der Waals surface area contributed by atoms with Crippen LogP contribution in [0.5, 0.6) is 0 Å². The fourth-order valence-electron chi connectivity index (χ4n) is 2.34. The molecule has 1 aromatic carbocycles. The van der Waals surface area contributed by atoms with Crippen molar-refractivity contribution in [1.82, 2.24) is 9.97 Å². The summed E-state index contributed by atoms with van der Waals surface area (Å²) in [6.45, 7) is 0. The molecular formula is C13H14N4. The highest BCUT2D eigenvalue weighted by molar-refractivity contribution is 5.47. The van der Waals surface area contributed by atoms with E-state index in [2.05, 4.69) is 39.6 Å². The van der Waals surface area contributed by atoms with Crippen LogP contribution in [0.4, 0.5) is 11.6 Å². The van der Waals surface area contributed by atoms with Crippen molar-refractivity contribution in [2.75, 3.05) is 11.1 Å². The van der Waals surface area contributed by atoms with E-state index in [0.29, 0.717) is 11.9 Å². The van der Waals surface area contributed by atoms with E-state index in [9.17, 15) is 0 Å². The van der Waals surface area contributed by atoms with E-state index in [4.69, 9.17) is 5.73 Å². The Balaban J connectivity index is 1.84. The molecule has 17 heavy (non-hydrogen) atoms. The Morgan fingerprint density at radius 1 is 1.24 bits per heavy atom. The zero-order valence-corrected chi connectivity index (χ0v) is 9.43. The van der Waals surface area contributed by atoms with Crippen LogP contribution < -0.4 is 11.1 Å². The monoisotopic (exact) mass is 226 g/mol. The third-order valence-corrected chi connectivity index (χ3v) is 3.14. The summed E-state index contributed by atoms with van der Waals surface area (Å²) in [5.41, 5.74) is 8.42. The average Bonchev–Trinajstić information content (AvgIpc) is 2.73. The quantitative estimate of drug-likeness (QED) is 0.823. The lowest BCUT2D eigenvalue weighted by Gasteiger charge is -2.14. The number of benzene rings is 1. The van der Waals surface area contributed by atoms with Crippen molar-refractivity contribution >= 4 is 11.6 Å². The number of aromatic nitrogens is 2. The molecule has 3 N–H and O–H groups in total. The molecule has 4 heteroatoms. The highest BCUT2D eigenvalue weighted by Gasteiger charge is 2.21. The standard InChI is InChI=1S/C13H14N4/c14-12-7-13(16-8-15-12)17-11-6-5-9-3-1-2-4-10(9)11/h1-4,7-8,11H,5-6H2,(H3,14,15,16,17)/t11-/m0/s1. The summed E-state index contributed by atoms with van der Waals surface area (Å²) in [4.78, 5) is 8.06. The summed E-state index contributed by atoms with van der Waals surface area (Å²) in [6, 6.07) is 10.6. The van der Waals surface area contributed by atoms with Crippen LogP contribution in [0.3, 0.4) is 0 Å². The lowest BCUT2D eigenvalue weighted by Crippen LogP contribution is -2.09.